The molecule has 21 heavy (non-hydrogen) atoms. The van der Waals surface area contributed by atoms with E-state index in [9.17, 15) is 14.3 Å². The van der Waals surface area contributed by atoms with Crippen LogP contribution in [0.2, 0.25) is 0 Å². The van der Waals surface area contributed by atoms with Gasteiger partial charge in [-0.15, -0.1) is 0 Å². The smallest absolute Gasteiger partial charge is 0.325 e. The van der Waals surface area contributed by atoms with E-state index < -0.39 is 12.0 Å². The van der Waals surface area contributed by atoms with Gasteiger partial charge < -0.3 is 10.2 Å². The zero-order chi connectivity index (χ0) is 15.4. The maximum absolute atomic E-state index is 13.4. The number of aliphatic hydroxyl groups is 1. The van der Waals surface area contributed by atoms with Gasteiger partial charge in [-0.1, -0.05) is 12.1 Å². The molecule has 1 aromatic carbocycles. The highest BCUT2D eigenvalue weighted by Gasteiger charge is 2.30. The standard InChI is InChI=1S/C15H21FN2O3/c1-11-10-12(2-3-13(11)16)14(15(20)21)18-6-4-17(5-7-18)8-9-19/h2-3,10,14,19H,4-9H2,1H3,(H,20,21). The normalized spacial score (nSPS) is 18.6. The summed E-state index contributed by atoms with van der Waals surface area (Å²) in [5.41, 5.74) is 1.06. The number of aliphatic hydroxyl groups excluding tert-OH is 1. The molecule has 1 heterocycles. The van der Waals surface area contributed by atoms with Crippen molar-refractivity contribution in [3.63, 3.8) is 0 Å². The van der Waals surface area contributed by atoms with Crippen LogP contribution < -0.4 is 0 Å². The second-order valence-corrected chi connectivity index (χ2v) is 5.35. The van der Waals surface area contributed by atoms with Crippen molar-refractivity contribution >= 4 is 5.97 Å². The van der Waals surface area contributed by atoms with Gasteiger partial charge >= 0.3 is 5.97 Å². The molecule has 116 valence electrons. The summed E-state index contributed by atoms with van der Waals surface area (Å²) in [6, 6.07) is 3.72. The highest BCUT2D eigenvalue weighted by molar-refractivity contribution is 5.75. The second kappa shape index (κ2) is 6.98. The van der Waals surface area contributed by atoms with Gasteiger partial charge in [0.1, 0.15) is 11.9 Å². The van der Waals surface area contributed by atoms with E-state index >= 15 is 0 Å². The van der Waals surface area contributed by atoms with Crippen LogP contribution in [-0.2, 0) is 4.79 Å². The molecule has 0 amide bonds. The first kappa shape index (κ1) is 15.9. The summed E-state index contributed by atoms with van der Waals surface area (Å²) in [4.78, 5) is 15.6. The lowest BCUT2D eigenvalue weighted by Crippen LogP contribution is -2.49. The zero-order valence-electron chi connectivity index (χ0n) is 12.1. The minimum absolute atomic E-state index is 0.111. The zero-order valence-corrected chi connectivity index (χ0v) is 12.1. The summed E-state index contributed by atoms with van der Waals surface area (Å²) in [6.45, 7) is 5.05. The molecule has 1 fully saturated rings. The van der Waals surface area contributed by atoms with Gasteiger partial charge in [-0.3, -0.25) is 14.6 Å². The minimum atomic E-state index is -0.920. The van der Waals surface area contributed by atoms with Crippen molar-refractivity contribution in [3.05, 3.63) is 35.1 Å². The summed E-state index contributed by atoms with van der Waals surface area (Å²) in [6.07, 6.45) is 0. The van der Waals surface area contributed by atoms with Crippen LogP contribution in [0.1, 0.15) is 17.2 Å². The lowest BCUT2D eigenvalue weighted by molar-refractivity contribution is -0.144. The van der Waals surface area contributed by atoms with Gasteiger partial charge in [-0.05, 0) is 24.1 Å². The van der Waals surface area contributed by atoms with Gasteiger partial charge in [0, 0.05) is 32.7 Å². The van der Waals surface area contributed by atoms with Crippen LogP contribution in [0, 0.1) is 12.7 Å². The maximum atomic E-state index is 13.4. The molecule has 0 aromatic heterocycles. The van der Waals surface area contributed by atoms with Crippen LogP contribution in [-0.4, -0.2) is 65.3 Å². The molecule has 6 heteroatoms. The minimum Gasteiger partial charge on any atom is -0.480 e. The Morgan fingerprint density at radius 1 is 1.33 bits per heavy atom. The summed E-state index contributed by atoms with van der Waals surface area (Å²) in [5, 5.41) is 18.5. The van der Waals surface area contributed by atoms with Crippen LogP contribution in [0.5, 0.6) is 0 Å². The van der Waals surface area contributed by atoms with Gasteiger partial charge in [0.05, 0.1) is 6.61 Å². The first-order valence-electron chi connectivity index (χ1n) is 7.09. The fourth-order valence-corrected chi connectivity index (χ4v) is 2.73. The number of hydrogen-bond acceptors (Lipinski definition) is 4. The molecule has 1 aromatic rings. The molecule has 1 saturated heterocycles. The highest BCUT2D eigenvalue weighted by Crippen LogP contribution is 2.24. The molecular formula is C15H21FN2O3. The van der Waals surface area contributed by atoms with E-state index in [2.05, 4.69) is 4.90 Å². The van der Waals surface area contributed by atoms with Crippen LogP contribution in [0.25, 0.3) is 0 Å². The predicted molar refractivity (Wildman–Crippen MR) is 76.6 cm³/mol. The third-order valence-corrected chi connectivity index (χ3v) is 3.92. The van der Waals surface area contributed by atoms with E-state index in [1.165, 1.54) is 6.07 Å². The van der Waals surface area contributed by atoms with Crippen molar-refractivity contribution in [1.82, 2.24) is 9.80 Å². The van der Waals surface area contributed by atoms with E-state index in [1.54, 1.807) is 19.1 Å². The molecule has 1 atom stereocenters. The largest absolute Gasteiger partial charge is 0.480 e. The summed E-state index contributed by atoms with van der Waals surface area (Å²) in [7, 11) is 0. The molecule has 1 aliphatic rings. The van der Waals surface area contributed by atoms with Crippen molar-refractivity contribution in [2.24, 2.45) is 0 Å². The fraction of sp³-hybridized carbons (Fsp3) is 0.533. The fourth-order valence-electron chi connectivity index (χ4n) is 2.73. The Bertz CT molecular complexity index is 502. The first-order valence-corrected chi connectivity index (χ1v) is 7.09. The average Bonchev–Trinajstić information content (AvgIpc) is 2.45. The monoisotopic (exact) mass is 296 g/mol. The van der Waals surface area contributed by atoms with Crippen molar-refractivity contribution in [1.29, 1.82) is 0 Å². The van der Waals surface area contributed by atoms with Crippen molar-refractivity contribution in [3.8, 4) is 0 Å². The Balaban J connectivity index is 2.13. The van der Waals surface area contributed by atoms with E-state index in [-0.39, 0.29) is 12.4 Å². The number of aliphatic carboxylic acids is 1. The van der Waals surface area contributed by atoms with Gasteiger partial charge in [0.15, 0.2) is 0 Å². The second-order valence-electron chi connectivity index (χ2n) is 5.35. The SMILES string of the molecule is Cc1cc(C(C(=O)O)N2CCN(CCO)CC2)ccc1F. The number of piperazine rings is 1. The number of hydrogen-bond donors (Lipinski definition) is 2. The number of halogens is 1. The molecule has 1 aliphatic heterocycles. The highest BCUT2D eigenvalue weighted by atomic mass is 19.1. The number of nitrogens with zero attached hydrogens (tertiary/aromatic N) is 2. The third kappa shape index (κ3) is 3.78. The van der Waals surface area contributed by atoms with E-state index in [0.717, 1.165) is 13.1 Å². The molecule has 0 bridgehead atoms. The van der Waals surface area contributed by atoms with Crippen molar-refractivity contribution in [2.45, 2.75) is 13.0 Å². The van der Waals surface area contributed by atoms with Crippen molar-refractivity contribution in [2.75, 3.05) is 39.3 Å². The topological polar surface area (TPSA) is 64.0 Å². The number of carbonyl (C=O) groups is 1. The van der Waals surface area contributed by atoms with Gasteiger partial charge in [0.25, 0.3) is 0 Å². The number of rotatable bonds is 5. The average molecular weight is 296 g/mol. The molecule has 5 nitrogen and oxygen atoms in total. The molecule has 0 aliphatic carbocycles. The summed E-state index contributed by atoms with van der Waals surface area (Å²) < 4.78 is 13.4. The summed E-state index contributed by atoms with van der Waals surface area (Å²) in [5.74, 6) is -1.24. The Hall–Kier alpha value is -1.50. The first-order chi connectivity index (χ1) is 10.0. The van der Waals surface area contributed by atoms with E-state index in [0.29, 0.717) is 30.8 Å². The molecule has 0 radical (unpaired) electrons. The van der Waals surface area contributed by atoms with Gasteiger partial charge in [0.2, 0.25) is 0 Å². The lowest BCUT2D eigenvalue weighted by Gasteiger charge is -2.37. The number of carboxylic acid groups (broad SMARTS) is 1. The van der Waals surface area contributed by atoms with Gasteiger partial charge in [-0.2, -0.15) is 0 Å². The van der Waals surface area contributed by atoms with E-state index in [4.69, 9.17) is 5.11 Å². The predicted octanol–water partition coefficient (Wildman–Crippen LogP) is 0.870. The Labute approximate surface area is 123 Å². The van der Waals surface area contributed by atoms with Crippen LogP contribution in [0.3, 0.4) is 0 Å². The Morgan fingerprint density at radius 2 is 2.00 bits per heavy atom. The summed E-state index contributed by atoms with van der Waals surface area (Å²) >= 11 is 0. The molecular weight excluding hydrogens is 275 g/mol. The van der Waals surface area contributed by atoms with Gasteiger partial charge in [-0.25, -0.2) is 4.39 Å². The quantitative estimate of drug-likeness (QED) is 0.844. The van der Waals surface area contributed by atoms with Crippen molar-refractivity contribution < 1.29 is 19.4 Å². The molecule has 0 spiro atoms. The number of β-amino-alcohol motifs (C(OH)–C–C–N with tert-alkyl or cyclic N) is 1. The third-order valence-electron chi connectivity index (χ3n) is 3.92. The Morgan fingerprint density at radius 3 is 2.52 bits per heavy atom. The molecule has 1 unspecified atom stereocenters. The lowest BCUT2D eigenvalue weighted by atomic mass is 10.0. The maximum Gasteiger partial charge on any atom is 0.325 e. The van der Waals surface area contributed by atoms with E-state index in [1.807, 2.05) is 4.90 Å². The number of benzene rings is 1. The number of aryl methyl sites for hydroxylation is 1. The molecule has 0 saturated carbocycles. The molecule has 2 rings (SSSR count). The van der Waals surface area contributed by atoms with Crippen LogP contribution >= 0.6 is 0 Å². The molecule has 2 N–H and O–H groups in total. The Kier molecular flexibility index (Phi) is 5.27. The van der Waals surface area contributed by atoms with Crippen LogP contribution in [0.15, 0.2) is 18.2 Å². The van der Waals surface area contributed by atoms with Crippen LogP contribution in [0.4, 0.5) is 4.39 Å². The number of carboxylic acids is 1.